The third-order valence-corrected chi connectivity index (χ3v) is 4.19. The van der Waals surface area contributed by atoms with Gasteiger partial charge >= 0.3 is 5.69 Å². The number of hydrogen-bond donors (Lipinski definition) is 1. The Kier molecular flexibility index (Phi) is 3.31. The molecule has 1 N–H and O–H groups in total. The molecule has 4 rings (SSSR count). The molecule has 0 saturated heterocycles. The average Bonchev–Trinajstić information content (AvgIpc) is 3.12. The second-order valence-corrected chi connectivity index (χ2v) is 5.69. The summed E-state index contributed by atoms with van der Waals surface area (Å²) in [4.78, 5) is 40.4. The molecule has 0 bridgehead atoms. The molecule has 1 aromatic carbocycles. The van der Waals surface area contributed by atoms with Crippen molar-refractivity contribution in [1.29, 1.82) is 0 Å². The lowest BCUT2D eigenvalue weighted by Crippen LogP contribution is -2.34. The van der Waals surface area contributed by atoms with Crippen molar-refractivity contribution >= 4 is 11.0 Å². The van der Waals surface area contributed by atoms with Crippen LogP contribution in [0.15, 0.2) is 52.7 Å². The minimum atomic E-state index is -0.540. The number of aromatic nitrogens is 6. The van der Waals surface area contributed by atoms with Crippen LogP contribution in [0.1, 0.15) is 11.1 Å². The summed E-state index contributed by atoms with van der Waals surface area (Å²) in [6.45, 7) is 3.80. The SMILES string of the molecule is Cc1cccc(-n2c(=O)[nH]c3nc(-n4ccnc4)ncc3c2=O)c1C. The summed E-state index contributed by atoms with van der Waals surface area (Å²) in [5.74, 6) is 0.324. The number of H-pyrrole nitrogens is 1. The molecule has 0 spiro atoms. The Hall–Kier alpha value is -3.55. The van der Waals surface area contributed by atoms with Gasteiger partial charge in [0, 0.05) is 18.6 Å². The zero-order valence-corrected chi connectivity index (χ0v) is 13.6. The van der Waals surface area contributed by atoms with E-state index in [9.17, 15) is 9.59 Å². The first kappa shape index (κ1) is 15.0. The number of aromatic amines is 1. The van der Waals surface area contributed by atoms with E-state index in [0.717, 1.165) is 15.7 Å². The van der Waals surface area contributed by atoms with Crippen LogP contribution in [0.5, 0.6) is 0 Å². The number of aryl methyl sites for hydroxylation is 1. The Labute approximate surface area is 141 Å². The molecule has 8 nitrogen and oxygen atoms in total. The van der Waals surface area contributed by atoms with Crippen LogP contribution in [0, 0.1) is 13.8 Å². The van der Waals surface area contributed by atoms with Gasteiger partial charge in [0.05, 0.1) is 5.69 Å². The Bertz CT molecular complexity index is 1200. The predicted molar refractivity (Wildman–Crippen MR) is 92.4 cm³/mol. The number of nitrogens with zero attached hydrogens (tertiary/aromatic N) is 5. The van der Waals surface area contributed by atoms with E-state index < -0.39 is 11.2 Å². The summed E-state index contributed by atoms with van der Waals surface area (Å²) in [6.07, 6.45) is 6.22. The highest BCUT2D eigenvalue weighted by Crippen LogP contribution is 2.15. The molecule has 0 saturated carbocycles. The van der Waals surface area contributed by atoms with Crippen molar-refractivity contribution in [3.05, 3.63) is 75.1 Å². The first-order valence-electron chi connectivity index (χ1n) is 7.63. The highest BCUT2D eigenvalue weighted by molar-refractivity contribution is 5.73. The van der Waals surface area contributed by atoms with Gasteiger partial charge in [-0.25, -0.2) is 19.3 Å². The second kappa shape index (κ2) is 5.52. The van der Waals surface area contributed by atoms with Gasteiger partial charge in [-0.05, 0) is 31.0 Å². The van der Waals surface area contributed by atoms with Crippen LogP contribution in [0.25, 0.3) is 22.7 Å². The lowest BCUT2D eigenvalue weighted by atomic mass is 10.1. The van der Waals surface area contributed by atoms with Gasteiger partial charge in [-0.2, -0.15) is 4.98 Å². The van der Waals surface area contributed by atoms with E-state index in [-0.39, 0.29) is 11.0 Å². The van der Waals surface area contributed by atoms with Gasteiger partial charge in [0.1, 0.15) is 11.7 Å². The van der Waals surface area contributed by atoms with Crippen molar-refractivity contribution in [2.24, 2.45) is 0 Å². The molecule has 0 amide bonds. The molecule has 3 heterocycles. The standard InChI is InChI=1S/C17H14N6O2/c1-10-4-3-5-13(11(10)2)23-15(24)12-8-19-16(22-7-6-18-9-22)20-14(12)21-17(23)25/h3-9H,1-2H3,(H,19,20,21,25). The van der Waals surface area contributed by atoms with E-state index in [4.69, 9.17) is 0 Å². The molecule has 124 valence electrons. The van der Waals surface area contributed by atoms with Crippen LogP contribution >= 0.6 is 0 Å². The maximum Gasteiger partial charge on any atom is 0.334 e. The molecule has 0 unspecified atom stereocenters. The van der Waals surface area contributed by atoms with E-state index in [2.05, 4.69) is 19.9 Å². The molecule has 25 heavy (non-hydrogen) atoms. The highest BCUT2D eigenvalue weighted by atomic mass is 16.2. The fourth-order valence-electron chi connectivity index (χ4n) is 2.69. The van der Waals surface area contributed by atoms with Crippen molar-refractivity contribution in [2.75, 3.05) is 0 Å². The second-order valence-electron chi connectivity index (χ2n) is 5.69. The molecule has 4 aromatic rings. The number of fused-ring (bicyclic) bond motifs is 1. The first-order valence-corrected chi connectivity index (χ1v) is 7.63. The normalized spacial score (nSPS) is 11.1. The third-order valence-electron chi connectivity index (χ3n) is 4.19. The van der Waals surface area contributed by atoms with E-state index in [1.54, 1.807) is 23.0 Å². The maximum atomic E-state index is 12.9. The van der Waals surface area contributed by atoms with Gasteiger partial charge < -0.3 is 0 Å². The first-order chi connectivity index (χ1) is 12.1. The topological polar surface area (TPSA) is 98.5 Å². The van der Waals surface area contributed by atoms with Crippen LogP contribution in [0.3, 0.4) is 0 Å². The maximum absolute atomic E-state index is 12.9. The van der Waals surface area contributed by atoms with Gasteiger partial charge in [0.15, 0.2) is 5.65 Å². The molecule has 3 aromatic heterocycles. The fraction of sp³-hybridized carbons (Fsp3) is 0.118. The summed E-state index contributed by atoms with van der Waals surface area (Å²) in [7, 11) is 0. The van der Waals surface area contributed by atoms with Crippen LogP contribution in [-0.4, -0.2) is 29.1 Å². The van der Waals surface area contributed by atoms with E-state index in [0.29, 0.717) is 11.6 Å². The summed E-state index contributed by atoms with van der Waals surface area (Å²) in [6, 6.07) is 5.48. The smallest absolute Gasteiger partial charge is 0.291 e. The predicted octanol–water partition coefficient (Wildman–Crippen LogP) is 1.27. The molecule has 0 fully saturated rings. The molecule has 0 aliphatic heterocycles. The van der Waals surface area contributed by atoms with Crippen LogP contribution < -0.4 is 11.2 Å². The molecule has 0 aliphatic carbocycles. The lowest BCUT2D eigenvalue weighted by molar-refractivity contribution is 0.871. The van der Waals surface area contributed by atoms with E-state index in [1.165, 1.54) is 12.5 Å². The molecule has 8 heteroatoms. The van der Waals surface area contributed by atoms with E-state index >= 15 is 0 Å². The third kappa shape index (κ3) is 2.35. The monoisotopic (exact) mass is 334 g/mol. The molecule has 0 aliphatic rings. The molecular weight excluding hydrogens is 320 g/mol. The van der Waals surface area contributed by atoms with Gasteiger partial charge in [0.25, 0.3) is 5.56 Å². The average molecular weight is 334 g/mol. The molecular formula is C17H14N6O2. The van der Waals surface area contributed by atoms with Crippen LogP contribution in [-0.2, 0) is 0 Å². The number of benzene rings is 1. The Balaban J connectivity index is 2.00. The van der Waals surface area contributed by atoms with Gasteiger partial charge in [-0.3, -0.25) is 14.3 Å². The zero-order valence-electron chi connectivity index (χ0n) is 13.6. The number of hydrogen-bond acceptors (Lipinski definition) is 5. The van der Waals surface area contributed by atoms with Gasteiger partial charge in [0.2, 0.25) is 5.95 Å². The van der Waals surface area contributed by atoms with Crippen LogP contribution in [0.4, 0.5) is 0 Å². The number of rotatable bonds is 2. The van der Waals surface area contributed by atoms with Crippen molar-refractivity contribution < 1.29 is 0 Å². The van der Waals surface area contributed by atoms with Crippen molar-refractivity contribution in [3.63, 3.8) is 0 Å². The minimum absolute atomic E-state index is 0.190. The Morgan fingerprint density at radius 3 is 2.76 bits per heavy atom. The summed E-state index contributed by atoms with van der Waals surface area (Å²) in [5.41, 5.74) is 1.61. The van der Waals surface area contributed by atoms with Crippen LogP contribution in [0.2, 0.25) is 0 Å². The number of imidazole rings is 1. The quantitative estimate of drug-likeness (QED) is 0.595. The summed E-state index contributed by atoms with van der Waals surface area (Å²) < 4.78 is 2.71. The van der Waals surface area contributed by atoms with Crippen molar-refractivity contribution in [3.8, 4) is 11.6 Å². The molecule has 0 radical (unpaired) electrons. The highest BCUT2D eigenvalue weighted by Gasteiger charge is 2.14. The zero-order chi connectivity index (χ0) is 17.6. The number of nitrogens with one attached hydrogen (secondary N) is 1. The van der Waals surface area contributed by atoms with Gasteiger partial charge in [-0.15, -0.1) is 0 Å². The Morgan fingerprint density at radius 2 is 2.00 bits per heavy atom. The van der Waals surface area contributed by atoms with Gasteiger partial charge in [-0.1, -0.05) is 12.1 Å². The summed E-state index contributed by atoms with van der Waals surface area (Å²) in [5, 5.41) is 0.240. The van der Waals surface area contributed by atoms with Crippen molar-refractivity contribution in [1.82, 2.24) is 29.1 Å². The summed E-state index contributed by atoms with van der Waals surface area (Å²) >= 11 is 0. The fourth-order valence-corrected chi connectivity index (χ4v) is 2.69. The largest absolute Gasteiger partial charge is 0.334 e. The molecule has 0 atom stereocenters. The Morgan fingerprint density at radius 1 is 1.16 bits per heavy atom. The lowest BCUT2D eigenvalue weighted by Gasteiger charge is -2.11. The van der Waals surface area contributed by atoms with E-state index in [1.807, 2.05) is 26.0 Å². The minimum Gasteiger partial charge on any atom is -0.291 e. The van der Waals surface area contributed by atoms with Crippen molar-refractivity contribution in [2.45, 2.75) is 13.8 Å².